The van der Waals surface area contributed by atoms with Gasteiger partial charge in [0.05, 0.1) is 6.61 Å². The first-order chi connectivity index (χ1) is 9.88. The van der Waals surface area contributed by atoms with E-state index in [2.05, 4.69) is 17.4 Å². The number of hydrogen-bond donors (Lipinski definition) is 1. The molecule has 0 saturated heterocycles. The second-order valence-corrected chi connectivity index (χ2v) is 5.61. The molecule has 0 heterocycles. The van der Waals surface area contributed by atoms with Gasteiger partial charge in [-0.15, -0.1) is 0 Å². The van der Waals surface area contributed by atoms with Gasteiger partial charge in [0.2, 0.25) is 0 Å². The molecule has 0 unspecified atom stereocenters. The molecular formula is C17H27NO2. The third-order valence-electron chi connectivity index (χ3n) is 3.85. The maximum absolute atomic E-state index is 5.74. The van der Waals surface area contributed by atoms with E-state index < -0.39 is 0 Å². The Morgan fingerprint density at radius 1 is 1.15 bits per heavy atom. The molecular weight excluding hydrogens is 250 g/mol. The third kappa shape index (κ3) is 5.51. The Morgan fingerprint density at radius 3 is 2.80 bits per heavy atom. The largest absolute Gasteiger partial charge is 0.491 e. The molecule has 1 fully saturated rings. The van der Waals surface area contributed by atoms with Crippen LogP contribution < -0.4 is 10.1 Å². The summed E-state index contributed by atoms with van der Waals surface area (Å²) in [5.41, 5.74) is 1.24. The van der Waals surface area contributed by atoms with Crippen molar-refractivity contribution in [1.82, 2.24) is 5.32 Å². The van der Waals surface area contributed by atoms with Gasteiger partial charge in [0, 0.05) is 13.2 Å². The first kappa shape index (κ1) is 15.3. The van der Waals surface area contributed by atoms with Crippen LogP contribution in [0.1, 0.15) is 37.7 Å². The third-order valence-corrected chi connectivity index (χ3v) is 3.85. The predicted molar refractivity (Wildman–Crippen MR) is 82.1 cm³/mol. The van der Waals surface area contributed by atoms with Gasteiger partial charge in [0.1, 0.15) is 12.4 Å². The highest BCUT2D eigenvalue weighted by atomic mass is 16.5. The number of benzene rings is 1. The molecule has 3 nitrogen and oxygen atoms in total. The first-order valence-electron chi connectivity index (χ1n) is 7.82. The Morgan fingerprint density at radius 2 is 2.00 bits per heavy atom. The zero-order valence-corrected chi connectivity index (χ0v) is 12.6. The van der Waals surface area contributed by atoms with E-state index in [0.29, 0.717) is 13.2 Å². The quantitative estimate of drug-likeness (QED) is 0.739. The van der Waals surface area contributed by atoms with E-state index in [1.165, 1.54) is 37.7 Å². The highest BCUT2D eigenvalue weighted by molar-refractivity contribution is 5.28. The molecule has 1 N–H and O–H groups in total. The average Bonchev–Trinajstić information content (AvgIpc) is 2.49. The molecule has 1 aliphatic rings. The van der Waals surface area contributed by atoms with E-state index in [9.17, 15) is 0 Å². The molecule has 1 aromatic rings. The number of nitrogens with one attached hydrogen (secondary N) is 1. The fraction of sp³-hybridized carbons (Fsp3) is 0.647. The van der Waals surface area contributed by atoms with E-state index in [4.69, 9.17) is 9.47 Å². The van der Waals surface area contributed by atoms with Crippen LogP contribution in [0.4, 0.5) is 0 Å². The van der Waals surface area contributed by atoms with Crippen molar-refractivity contribution in [3.05, 3.63) is 29.8 Å². The second kappa shape index (κ2) is 8.98. The van der Waals surface area contributed by atoms with Gasteiger partial charge in [-0.1, -0.05) is 31.4 Å². The van der Waals surface area contributed by atoms with Crippen LogP contribution in [0.5, 0.6) is 5.75 Å². The van der Waals surface area contributed by atoms with Crippen LogP contribution in [0.3, 0.4) is 0 Å². The van der Waals surface area contributed by atoms with Gasteiger partial charge in [-0.05, 0) is 43.5 Å². The summed E-state index contributed by atoms with van der Waals surface area (Å²) >= 11 is 0. The minimum atomic E-state index is 0.635. The van der Waals surface area contributed by atoms with Gasteiger partial charge in [-0.2, -0.15) is 0 Å². The van der Waals surface area contributed by atoms with E-state index in [1.54, 1.807) is 0 Å². The van der Waals surface area contributed by atoms with Crippen molar-refractivity contribution in [2.75, 3.05) is 26.9 Å². The lowest BCUT2D eigenvalue weighted by Crippen LogP contribution is -2.16. The molecule has 2 rings (SSSR count). The van der Waals surface area contributed by atoms with Gasteiger partial charge in [0.15, 0.2) is 0 Å². The molecule has 0 aliphatic heterocycles. The smallest absolute Gasteiger partial charge is 0.119 e. The lowest BCUT2D eigenvalue weighted by Gasteiger charge is -2.21. The molecule has 0 bridgehead atoms. The van der Waals surface area contributed by atoms with Crippen LogP contribution in [-0.4, -0.2) is 26.9 Å². The van der Waals surface area contributed by atoms with E-state index in [1.807, 2.05) is 19.2 Å². The Labute approximate surface area is 122 Å². The predicted octanol–water partition coefficient (Wildman–Crippen LogP) is 3.38. The van der Waals surface area contributed by atoms with Crippen LogP contribution in [-0.2, 0) is 11.3 Å². The minimum absolute atomic E-state index is 0.635. The lowest BCUT2D eigenvalue weighted by atomic mass is 9.90. The minimum Gasteiger partial charge on any atom is -0.491 e. The number of ether oxygens (including phenoxy) is 2. The zero-order valence-electron chi connectivity index (χ0n) is 12.6. The standard InChI is InChI=1S/C17H27NO2/c1-18-13-16-8-5-9-17(12-16)20-11-10-19-14-15-6-3-2-4-7-15/h5,8-9,12,15,18H,2-4,6-7,10-11,13-14H2,1H3. The van der Waals surface area contributed by atoms with E-state index in [-0.39, 0.29) is 0 Å². The highest BCUT2D eigenvalue weighted by Gasteiger charge is 2.12. The molecule has 0 spiro atoms. The Balaban J connectivity index is 1.59. The summed E-state index contributed by atoms with van der Waals surface area (Å²) in [6, 6.07) is 8.21. The van der Waals surface area contributed by atoms with E-state index >= 15 is 0 Å². The molecule has 0 aromatic heterocycles. The Hall–Kier alpha value is -1.06. The van der Waals surface area contributed by atoms with Crippen LogP contribution in [0.25, 0.3) is 0 Å². The van der Waals surface area contributed by atoms with Gasteiger partial charge >= 0.3 is 0 Å². The summed E-state index contributed by atoms with van der Waals surface area (Å²) in [5, 5.41) is 3.14. The molecule has 1 aliphatic carbocycles. The average molecular weight is 277 g/mol. The fourth-order valence-electron chi connectivity index (χ4n) is 2.77. The number of rotatable bonds is 8. The van der Waals surface area contributed by atoms with Crippen molar-refractivity contribution < 1.29 is 9.47 Å². The summed E-state index contributed by atoms with van der Waals surface area (Å²) in [6.07, 6.45) is 6.84. The maximum atomic E-state index is 5.74. The monoisotopic (exact) mass is 277 g/mol. The summed E-state index contributed by atoms with van der Waals surface area (Å²) in [6.45, 7) is 3.10. The van der Waals surface area contributed by atoms with Crippen molar-refractivity contribution in [1.29, 1.82) is 0 Å². The Bertz CT molecular complexity index is 375. The molecule has 0 amide bonds. The van der Waals surface area contributed by atoms with E-state index in [0.717, 1.165) is 24.8 Å². The molecule has 3 heteroatoms. The zero-order chi connectivity index (χ0) is 14.0. The van der Waals surface area contributed by atoms with Crippen LogP contribution in [0.2, 0.25) is 0 Å². The second-order valence-electron chi connectivity index (χ2n) is 5.61. The molecule has 20 heavy (non-hydrogen) atoms. The molecule has 1 saturated carbocycles. The highest BCUT2D eigenvalue weighted by Crippen LogP contribution is 2.23. The van der Waals surface area contributed by atoms with Crippen molar-refractivity contribution in [3.63, 3.8) is 0 Å². The summed E-state index contributed by atoms with van der Waals surface area (Å²) < 4.78 is 11.5. The van der Waals surface area contributed by atoms with Crippen molar-refractivity contribution in [2.24, 2.45) is 5.92 Å². The maximum Gasteiger partial charge on any atom is 0.119 e. The number of hydrogen-bond acceptors (Lipinski definition) is 3. The Kier molecular flexibility index (Phi) is 6.89. The summed E-state index contributed by atoms with van der Waals surface area (Å²) in [7, 11) is 1.95. The van der Waals surface area contributed by atoms with Crippen molar-refractivity contribution in [2.45, 2.75) is 38.6 Å². The van der Waals surface area contributed by atoms with Crippen LogP contribution in [0.15, 0.2) is 24.3 Å². The van der Waals surface area contributed by atoms with Crippen molar-refractivity contribution >= 4 is 0 Å². The molecule has 1 aromatic carbocycles. The van der Waals surface area contributed by atoms with Crippen LogP contribution in [0, 0.1) is 5.92 Å². The van der Waals surface area contributed by atoms with Crippen LogP contribution >= 0.6 is 0 Å². The molecule has 0 radical (unpaired) electrons. The molecule has 0 atom stereocenters. The van der Waals surface area contributed by atoms with Crippen molar-refractivity contribution in [3.8, 4) is 5.75 Å². The normalized spacial score (nSPS) is 16.2. The summed E-state index contributed by atoms with van der Waals surface area (Å²) in [5.74, 6) is 1.71. The topological polar surface area (TPSA) is 30.5 Å². The molecule has 112 valence electrons. The first-order valence-corrected chi connectivity index (χ1v) is 7.82. The van der Waals surface area contributed by atoms with Gasteiger partial charge in [0.25, 0.3) is 0 Å². The van der Waals surface area contributed by atoms with Gasteiger partial charge < -0.3 is 14.8 Å². The summed E-state index contributed by atoms with van der Waals surface area (Å²) in [4.78, 5) is 0. The van der Waals surface area contributed by atoms with Gasteiger partial charge in [-0.3, -0.25) is 0 Å². The van der Waals surface area contributed by atoms with Gasteiger partial charge in [-0.25, -0.2) is 0 Å². The fourth-order valence-corrected chi connectivity index (χ4v) is 2.77. The lowest BCUT2D eigenvalue weighted by molar-refractivity contribution is 0.0635. The SMILES string of the molecule is CNCc1cccc(OCCOCC2CCCCC2)c1.